The quantitative estimate of drug-likeness (QED) is 0.734. The first-order chi connectivity index (χ1) is 10.8. The predicted molar refractivity (Wildman–Crippen MR) is 82.3 cm³/mol. The molecule has 0 bridgehead atoms. The Morgan fingerprint density at radius 2 is 1.82 bits per heavy atom. The van der Waals surface area contributed by atoms with Gasteiger partial charge in [0.15, 0.2) is 5.82 Å². The van der Waals surface area contributed by atoms with E-state index in [2.05, 4.69) is 27.0 Å². The van der Waals surface area contributed by atoms with Crippen LogP contribution < -0.4 is 4.90 Å². The number of benzene rings is 1. The Morgan fingerprint density at radius 3 is 2.55 bits per heavy atom. The number of ether oxygens (including phenoxy) is 1. The summed E-state index contributed by atoms with van der Waals surface area (Å²) in [7, 11) is 0. The lowest BCUT2D eigenvalue weighted by atomic mass is 10.1. The first-order valence-corrected chi connectivity index (χ1v) is 7.28. The topological polar surface area (TPSA) is 63.4 Å². The van der Waals surface area contributed by atoms with Gasteiger partial charge in [0.2, 0.25) is 0 Å². The van der Waals surface area contributed by atoms with Crippen molar-refractivity contribution in [3.05, 3.63) is 42.7 Å². The van der Waals surface area contributed by atoms with Gasteiger partial charge < -0.3 is 14.8 Å². The maximum absolute atomic E-state index is 9.74. The van der Waals surface area contributed by atoms with Gasteiger partial charge in [-0.3, -0.25) is 4.98 Å². The Morgan fingerprint density at radius 1 is 1.05 bits per heavy atom. The highest BCUT2D eigenvalue weighted by Gasteiger charge is 2.15. The summed E-state index contributed by atoms with van der Waals surface area (Å²) in [6.07, 6.45) is 3.02. The number of hydrogen-bond donors (Lipinski definition) is 1. The minimum absolute atomic E-state index is 0.467. The van der Waals surface area contributed by atoms with E-state index in [4.69, 9.17) is 4.74 Å². The van der Waals surface area contributed by atoms with Crippen molar-refractivity contribution in [1.29, 1.82) is 0 Å². The zero-order chi connectivity index (χ0) is 14.9. The van der Waals surface area contributed by atoms with Crippen LogP contribution in [0.2, 0.25) is 0 Å². The lowest BCUT2D eigenvalue weighted by molar-refractivity contribution is 0.122. The van der Waals surface area contributed by atoms with E-state index < -0.39 is 0 Å². The van der Waals surface area contributed by atoms with Crippen LogP contribution in [0.25, 0.3) is 22.8 Å². The number of aromatic nitrogens is 3. The van der Waals surface area contributed by atoms with E-state index in [1.807, 2.05) is 18.2 Å². The molecule has 6 nitrogen and oxygen atoms in total. The van der Waals surface area contributed by atoms with E-state index in [0.29, 0.717) is 11.5 Å². The third-order valence-corrected chi connectivity index (χ3v) is 3.91. The summed E-state index contributed by atoms with van der Waals surface area (Å²) in [6.45, 7) is 3.40. The standard InChI is InChI=1S/C16H16N4O2/c21-20-6-5-17-15-11-14(18-16(15)20)12-1-3-13(4-2-12)19-7-9-22-10-8-19/h1-6,11,21H,7-10H2. The first kappa shape index (κ1) is 13.1. The fraction of sp³-hybridized carbons (Fsp3) is 0.250. The molecule has 3 heterocycles. The number of hydrogen-bond acceptors (Lipinski definition) is 5. The summed E-state index contributed by atoms with van der Waals surface area (Å²) < 4.78 is 6.37. The van der Waals surface area contributed by atoms with Gasteiger partial charge >= 0.3 is 0 Å². The Labute approximate surface area is 127 Å². The Bertz CT molecular complexity index is 747. The summed E-state index contributed by atoms with van der Waals surface area (Å²) in [5.41, 5.74) is 3.69. The molecule has 1 aromatic rings. The van der Waals surface area contributed by atoms with Crippen molar-refractivity contribution >= 4 is 5.69 Å². The first-order valence-electron chi connectivity index (χ1n) is 7.28. The summed E-state index contributed by atoms with van der Waals surface area (Å²) in [5.74, 6) is 0.467. The number of rotatable bonds is 2. The van der Waals surface area contributed by atoms with Gasteiger partial charge in [0.1, 0.15) is 5.69 Å². The van der Waals surface area contributed by atoms with E-state index in [1.165, 1.54) is 11.9 Å². The van der Waals surface area contributed by atoms with Crippen molar-refractivity contribution in [2.75, 3.05) is 31.2 Å². The molecule has 1 aromatic carbocycles. The van der Waals surface area contributed by atoms with Crippen LogP contribution in [0, 0.1) is 0 Å². The van der Waals surface area contributed by atoms with Crippen molar-refractivity contribution in [2.24, 2.45) is 0 Å². The molecular formula is C16H16N4O2. The third-order valence-electron chi connectivity index (χ3n) is 3.91. The number of anilines is 1. The Hall–Kier alpha value is -2.60. The summed E-state index contributed by atoms with van der Waals surface area (Å²) in [5, 5.41) is 9.74. The summed E-state index contributed by atoms with van der Waals surface area (Å²) >= 11 is 0. The second-order valence-electron chi connectivity index (χ2n) is 5.27. The average molecular weight is 296 g/mol. The molecule has 0 atom stereocenters. The Balaban J connectivity index is 1.64. The zero-order valence-corrected chi connectivity index (χ0v) is 12.0. The van der Waals surface area contributed by atoms with Crippen LogP contribution in [0.3, 0.4) is 0 Å². The maximum atomic E-state index is 9.74. The highest BCUT2D eigenvalue weighted by Crippen LogP contribution is 2.28. The zero-order valence-electron chi connectivity index (χ0n) is 12.0. The molecule has 112 valence electrons. The van der Waals surface area contributed by atoms with Gasteiger partial charge in [0, 0.05) is 30.5 Å². The Kier molecular flexibility index (Phi) is 3.16. The SMILES string of the molecule is On1ccnc2cc(-c3ccc(N4CCOCC4)cc3)nc1-2. The highest BCUT2D eigenvalue weighted by atomic mass is 16.5. The largest absolute Gasteiger partial charge is 0.427 e. The van der Waals surface area contributed by atoms with Crippen molar-refractivity contribution in [3.8, 4) is 22.8 Å². The number of fused-ring (bicyclic) bond motifs is 1. The maximum Gasteiger partial charge on any atom is 0.194 e. The van der Waals surface area contributed by atoms with Crippen LogP contribution in [0.5, 0.6) is 0 Å². The monoisotopic (exact) mass is 296 g/mol. The fourth-order valence-electron chi connectivity index (χ4n) is 2.72. The molecule has 3 aliphatic heterocycles. The second-order valence-corrected chi connectivity index (χ2v) is 5.27. The second kappa shape index (κ2) is 5.31. The van der Waals surface area contributed by atoms with Crippen LogP contribution in [0.15, 0.2) is 42.7 Å². The molecule has 0 spiro atoms. The van der Waals surface area contributed by atoms with E-state index in [9.17, 15) is 5.21 Å². The minimum atomic E-state index is 0.467. The molecule has 0 amide bonds. The molecule has 3 aliphatic rings. The van der Waals surface area contributed by atoms with Crippen LogP contribution in [0.1, 0.15) is 0 Å². The van der Waals surface area contributed by atoms with Crippen LogP contribution in [-0.2, 0) is 4.74 Å². The molecule has 1 N–H and O–H groups in total. The van der Waals surface area contributed by atoms with Gasteiger partial charge in [-0.2, -0.15) is 4.73 Å². The lowest BCUT2D eigenvalue weighted by Gasteiger charge is -2.28. The normalized spacial score (nSPS) is 15.4. The average Bonchev–Trinajstić information content (AvgIpc) is 3.02. The van der Waals surface area contributed by atoms with Gasteiger partial charge in [-0.15, -0.1) is 0 Å². The predicted octanol–water partition coefficient (Wildman–Crippen LogP) is 2.12. The minimum Gasteiger partial charge on any atom is -0.427 e. The molecule has 0 radical (unpaired) electrons. The highest BCUT2D eigenvalue weighted by molar-refractivity contribution is 5.70. The van der Waals surface area contributed by atoms with E-state index in [-0.39, 0.29) is 0 Å². The molecule has 4 rings (SSSR count). The van der Waals surface area contributed by atoms with E-state index in [1.54, 1.807) is 6.20 Å². The van der Waals surface area contributed by atoms with Crippen molar-refractivity contribution in [3.63, 3.8) is 0 Å². The van der Waals surface area contributed by atoms with E-state index >= 15 is 0 Å². The number of nitrogens with zero attached hydrogens (tertiary/aromatic N) is 4. The smallest absolute Gasteiger partial charge is 0.194 e. The fourth-order valence-corrected chi connectivity index (χ4v) is 2.72. The van der Waals surface area contributed by atoms with Crippen LogP contribution in [-0.4, -0.2) is 46.2 Å². The molecular weight excluding hydrogens is 280 g/mol. The van der Waals surface area contributed by atoms with Gasteiger partial charge in [-0.25, -0.2) is 4.98 Å². The molecule has 22 heavy (non-hydrogen) atoms. The van der Waals surface area contributed by atoms with E-state index in [0.717, 1.165) is 42.3 Å². The molecule has 0 aromatic heterocycles. The molecule has 1 fully saturated rings. The molecule has 0 saturated carbocycles. The molecule has 6 heteroatoms. The summed E-state index contributed by atoms with van der Waals surface area (Å²) in [6, 6.07) is 10.2. The summed E-state index contributed by atoms with van der Waals surface area (Å²) in [4.78, 5) is 11.0. The van der Waals surface area contributed by atoms with Crippen LogP contribution >= 0.6 is 0 Å². The van der Waals surface area contributed by atoms with Gasteiger partial charge in [0.25, 0.3) is 0 Å². The third kappa shape index (κ3) is 2.27. The van der Waals surface area contributed by atoms with Crippen molar-refractivity contribution in [2.45, 2.75) is 0 Å². The molecule has 0 aliphatic carbocycles. The van der Waals surface area contributed by atoms with Gasteiger partial charge in [-0.1, -0.05) is 12.1 Å². The van der Waals surface area contributed by atoms with Gasteiger partial charge in [-0.05, 0) is 18.2 Å². The van der Waals surface area contributed by atoms with Gasteiger partial charge in [0.05, 0.1) is 25.1 Å². The lowest BCUT2D eigenvalue weighted by Crippen LogP contribution is -2.36. The van der Waals surface area contributed by atoms with Crippen molar-refractivity contribution < 1.29 is 9.94 Å². The molecule has 0 unspecified atom stereocenters. The molecule has 1 saturated heterocycles. The van der Waals surface area contributed by atoms with Crippen LogP contribution in [0.4, 0.5) is 5.69 Å². The van der Waals surface area contributed by atoms with Crippen molar-refractivity contribution in [1.82, 2.24) is 14.7 Å². The number of morpholine rings is 1.